The lowest BCUT2D eigenvalue weighted by Crippen LogP contribution is -2.56. The Bertz CT molecular complexity index is 770. The standard InChI is InChI=1S/C17H23BN2O9/c21-3-4-28-19-14(22)8-20-6-9(7-20)29-13-2-1-10(11-5-12(11)18(26)27)16(23)15(13)17(24)25/h1-2,9,11-12,21,23,26-27H,3-8H2,(H,19,22)(H,24,25)/t11-,12-/m0/s1. The van der Waals surface area contributed by atoms with Crippen LogP contribution >= 0.6 is 0 Å². The maximum Gasteiger partial charge on any atom is 0.455 e. The molecule has 2 aliphatic rings. The Morgan fingerprint density at radius 2 is 2.00 bits per heavy atom. The fraction of sp³-hybridized carbons (Fsp3) is 0.529. The largest absolute Gasteiger partial charge is 0.507 e. The number of amides is 1. The third-order valence-electron chi connectivity index (χ3n) is 4.97. The van der Waals surface area contributed by atoms with Crippen LogP contribution in [-0.2, 0) is 9.63 Å². The van der Waals surface area contributed by atoms with Gasteiger partial charge in [0, 0.05) is 18.9 Å². The van der Waals surface area contributed by atoms with Gasteiger partial charge in [-0.15, -0.1) is 0 Å². The first-order valence-electron chi connectivity index (χ1n) is 9.17. The van der Waals surface area contributed by atoms with Crippen LogP contribution in [0.15, 0.2) is 12.1 Å². The van der Waals surface area contributed by atoms with E-state index in [-0.39, 0.29) is 49.0 Å². The van der Waals surface area contributed by atoms with E-state index >= 15 is 0 Å². The maximum atomic E-state index is 11.6. The van der Waals surface area contributed by atoms with E-state index < -0.39 is 24.7 Å². The summed E-state index contributed by atoms with van der Waals surface area (Å²) in [4.78, 5) is 29.7. The molecule has 3 rings (SSSR count). The minimum Gasteiger partial charge on any atom is -0.507 e. The number of rotatable bonds is 10. The monoisotopic (exact) mass is 410 g/mol. The molecular formula is C17H23BN2O9. The molecule has 1 aromatic carbocycles. The van der Waals surface area contributed by atoms with Crippen LogP contribution in [0, 0.1) is 0 Å². The summed E-state index contributed by atoms with van der Waals surface area (Å²) in [5.74, 6) is -2.89. The normalized spacial score (nSPS) is 21.3. The van der Waals surface area contributed by atoms with Gasteiger partial charge in [0.2, 0.25) is 0 Å². The molecular weight excluding hydrogens is 387 g/mol. The number of nitrogens with one attached hydrogen (secondary N) is 1. The molecule has 1 heterocycles. The average molecular weight is 410 g/mol. The zero-order valence-electron chi connectivity index (χ0n) is 15.5. The highest BCUT2D eigenvalue weighted by Gasteiger charge is 2.48. The van der Waals surface area contributed by atoms with Gasteiger partial charge in [0.25, 0.3) is 5.91 Å². The second-order valence-electron chi connectivity index (χ2n) is 7.13. The van der Waals surface area contributed by atoms with Crippen molar-refractivity contribution >= 4 is 19.0 Å². The molecule has 158 valence electrons. The first-order valence-corrected chi connectivity index (χ1v) is 9.17. The summed E-state index contributed by atoms with van der Waals surface area (Å²) in [6.45, 7) is 0.619. The van der Waals surface area contributed by atoms with Crippen molar-refractivity contribution in [2.45, 2.75) is 24.3 Å². The number of hydrogen-bond donors (Lipinski definition) is 6. The zero-order valence-corrected chi connectivity index (χ0v) is 15.5. The van der Waals surface area contributed by atoms with E-state index in [1.807, 2.05) is 0 Å². The summed E-state index contributed by atoms with van der Waals surface area (Å²) in [6, 6.07) is 2.99. The van der Waals surface area contributed by atoms with E-state index in [9.17, 15) is 29.9 Å². The van der Waals surface area contributed by atoms with Gasteiger partial charge in [0.05, 0.1) is 19.8 Å². The number of carboxylic acid groups (broad SMARTS) is 1. The lowest BCUT2D eigenvalue weighted by atomic mass is 9.81. The molecule has 0 unspecified atom stereocenters. The zero-order chi connectivity index (χ0) is 21.1. The highest BCUT2D eigenvalue weighted by atomic mass is 16.7. The van der Waals surface area contributed by atoms with Gasteiger partial charge in [-0.05, 0) is 24.0 Å². The molecule has 11 nitrogen and oxygen atoms in total. The molecule has 2 atom stereocenters. The van der Waals surface area contributed by atoms with E-state index in [0.717, 1.165) is 0 Å². The summed E-state index contributed by atoms with van der Waals surface area (Å²) in [5, 5.41) is 46.9. The molecule has 1 aromatic rings. The van der Waals surface area contributed by atoms with Crippen molar-refractivity contribution in [1.29, 1.82) is 0 Å². The van der Waals surface area contributed by atoms with E-state index in [4.69, 9.17) is 14.7 Å². The number of carboxylic acids is 1. The number of phenols is 1. The SMILES string of the molecule is O=C(CN1CC(Oc2ccc([C@@H]3C[C@@H]3B(O)O)c(O)c2C(=O)O)C1)NOCCO. The second kappa shape index (κ2) is 8.97. The number of benzene rings is 1. The third-order valence-corrected chi connectivity index (χ3v) is 4.97. The molecule has 1 aliphatic heterocycles. The van der Waals surface area contributed by atoms with Crippen molar-refractivity contribution < 1.29 is 44.5 Å². The number of carbonyl (C=O) groups excluding carboxylic acids is 1. The summed E-state index contributed by atoms with van der Waals surface area (Å²) in [6.07, 6.45) is 0.101. The van der Waals surface area contributed by atoms with Crippen molar-refractivity contribution in [2.24, 2.45) is 0 Å². The number of carbonyl (C=O) groups is 2. The molecule has 12 heteroatoms. The molecule has 29 heavy (non-hydrogen) atoms. The second-order valence-corrected chi connectivity index (χ2v) is 7.13. The van der Waals surface area contributed by atoms with Crippen molar-refractivity contribution in [2.75, 3.05) is 32.8 Å². The maximum absolute atomic E-state index is 11.6. The van der Waals surface area contributed by atoms with Crippen LogP contribution < -0.4 is 10.2 Å². The van der Waals surface area contributed by atoms with E-state index in [1.165, 1.54) is 12.1 Å². The Kier molecular flexibility index (Phi) is 6.60. The Labute approximate surface area is 166 Å². The molecule has 1 saturated heterocycles. The van der Waals surface area contributed by atoms with Gasteiger partial charge < -0.3 is 30.1 Å². The van der Waals surface area contributed by atoms with Gasteiger partial charge in [-0.1, -0.05) is 6.07 Å². The summed E-state index contributed by atoms with van der Waals surface area (Å²) in [7, 11) is -1.52. The van der Waals surface area contributed by atoms with Gasteiger partial charge in [0.1, 0.15) is 23.2 Å². The molecule has 0 aromatic heterocycles. The number of likely N-dealkylation sites (tertiary alicyclic amines) is 1. The Morgan fingerprint density at radius 1 is 1.28 bits per heavy atom. The van der Waals surface area contributed by atoms with Crippen LogP contribution in [0.3, 0.4) is 0 Å². The van der Waals surface area contributed by atoms with Crippen LogP contribution in [0.5, 0.6) is 11.5 Å². The van der Waals surface area contributed by atoms with Crippen LogP contribution in [0.2, 0.25) is 5.82 Å². The number of hydrogen-bond acceptors (Lipinski definition) is 9. The minimum absolute atomic E-state index is 0.00615. The molecule has 1 amide bonds. The van der Waals surface area contributed by atoms with Crippen LogP contribution in [0.25, 0.3) is 0 Å². The Morgan fingerprint density at radius 3 is 2.59 bits per heavy atom. The van der Waals surface area contributed by atoms with Crippen molar-refractivity contribution in [3.8, 4) is 11.5 Å². The number of hydroxylamine groups is 1. The number of aliphatic hydroxyl groups is 1. The highest BCUT2D eigenvalue weighted by Crippen LogP contribution is 2.56. The van der Waals surface area contributed by atoms with Gasteiger partial charge in [-0.25, -0.2) is 10.3 Å². The molecule has 0 bridgehead atoms. The number of nitrogens with zero attached hydrogens (tertiary/aromatic N) is 1. The number of aromatic carboxylic acids is 1. The number of aliphatic hydroxyl groups excluding tert-OH is 1. The van der Waals surface area contributed by atoms with E-state index in [0.29, 0.717) is 25.1 Å². The third kappa shape index (κ3) is 4.97. The lowest BCUT2D eigenvalue weighted by Gasteiger charge is -2.38. The average Bonchev–Trinajstić information content (AvgIpc) is 3.40. The van der Waals surface area contributed by atoms with E-state index in [2.05, 4.69) is 5.48 Å². The Balaban J connectivity index is 1.57. The fourth-order valence-electron chi connectivity index (χ4n) is 3.41. The minimum atomic E-state index is -1.52. The van der Waals surface area contributed by atoms with Gasteiger partial charge in [-0.3, -0.25) is 14.5 Å². The number of ether oxygens (including phenoxy) is 1. The summed E-state index contributed by atoms with van der Waals surface area (Å²) < 4.78 is 5.69. The number of aromatic hydroxyl groups is 1. The topological polar surface area (TPSA) is 169 Å². The fourth-order valence-corrected chi connectivity index (χ4v) is 3.41. The van der Waals surface area contributed by atoms with Gasteiger partial charge in [0.15, 0.2) is 0 Å². The molecule has 0 radical (unpaired) electrons. The van der Waals surface area contributed by atoms with Crippen LogP contribution in [0.4, 0.5) is 0 Å². The first kappa shape index (κ1) is 21.3. The van der Waals surface area contributed by atoms with Crippen LogP contribution in [-0.4, -0.2) is 88.2 Å². The van der Waals surface area contributed by atoms with Gasteiger partial charge in [-0.2, -0.15) is 0 Å². The Hall–Kier alpha value is -2.38. The smallest absolute Gasteiger partial charge is 0.455 e. The van der Waals surface area contributed by atoms with Gasteiger partial charge >= 0.3 is 13.1 Å². The van der Waals surface area contributed by atoms with Crippen molar-refractivity contribution in [3.05, 3.63) is 23.3 Å². The first-order chi connectivity index (χ1) is 13.8. The summed E-state index contributed by atoms with van der Waals surface area (Å²) >= 11 is 0. The molecule has 0 spiro atoms. The van der Waals surface area contributed by atoms with Crippen molar-refractivity contribution in [3.63, 3.8) is 0 Å². The molecule has 6 N–H and O–H groups in total. The molecule has 2 fully saturated rings. The van der Waals surface area contributed by atoms with Crippen molar-refractivity contribution in [1.82, 2.24) is 10.4 Å². The molecule has 1 saturated carbocycles. The lowest BCUT2D eigenvalue weighted by molar-refractivity contribution is -0.137. The predicted molar refractivity (Wildman–Crippen MR) is 98.4 cm³/mol. The summed E-state index contributed by atoms with van der Waals surface area (Å²) in [5.41, 5.74) is 2.17. The molecule has 1 aliphatic carbocycles. The highest BCUT2D eigenvalue weighted by molar-refractivity contribution is 6.44. The van der Waals surface area contributed by atoms with E-state index in [1.54, 1.807) is 4.90 Å². The predicted octanol–water partition coefficient (Wildman–Crippen LogP) is -1.48. The quantitative estimate of drug-likeness (QED) is 0.152. The van der Waals surface area contributed by atoms with Crippen LogP contribution in [0.1, 0.15) is 28.3 Å².